The molecule has 2 N–H and O–H groups in total. The van der Waals surface area contributed by atoms with Gasteiger partial charge in [0.05, 0.1) is 26.4 Å². The molecule has 3 rings (SSSR count). The number of nitrogens with zero attached hydrogens (tertiary/aromatic N) is 1. The molecule has 0 saturated carbocycles. The molecular weight excluding hydrogens is 441 g/mol. The van der Waals surface area contributed by atoms with Gasteiger partial charge in [-0.3, -0.25) is 4.90 Å². The maximum atomic E-state index is 13.3. The SMILES string of the molecule is COc1cc(CN2CCC(NC(=S)Nc3ccc(F)c(Cl)c3)CC2)cc(OC)c1OC. The number of nitrogens with one attached hydrogen (secondary N) is 2. The Morgan fingerprint density at radius 3 is 2.29 bits per heavy atom. The number of halogens is 2. The average molecular weight is 468 g/mol. The highest BCUT2D eigenvalue weighted by molar-refractivity contribution is 7.80. The first-order valence-corrected chi connectivity index (χ1v) is 10.8. The van der Waals surface area contributed by atoms with Crippen molar-refractivity contribution < 1.29 is 18.6 Å². The molecule has 2 aromatic rings. The second kappa shape index (κ2) is 10.8. The zero-order valence-electron chi connectivity index (χ0n) is 17.8. The van der Waals surface area contributed by atoms with E-state index >= 15 is 0 Å². The lowest BCUT2D eigenvalue weighted by Crippen LogP contribution is -2.45. The summed E-state index contributed by atoms with van der Waals surface area (Å²) in [4.78, 5) is 2.38. The van der Waals surface area contributed by atoms with Gasteiger partial charge < -0.3 is 24.8 Å². The van der Waals surface area contributed by atoms with E-state index in [1.807, 2.05) is 12.1 Å². The van der Waals surface area contributed by atoms with Gasteiger partial charge >= 0.3 is 0 Å². The Morgan fingerprint density at radius 1 is 1.10 bits per heavy atom. The minimum absolute atomic E-state index is 0.0629. The fourth-order valence-electron chi connectivity index (χ4n) is 3.65. The molecule has 168 valence electrons. The first-order chi connectivity index (χ1) is 14.9. The zero-order chi connectivity index (χ0) is 22.4. The summed E-state index contributed by atoms with van der Waals surface area (Å²) in [5.74, 6) is 1.46. The minimum atomic E-state index is -0.453. The van der Waals surface area contributed by atoms with Crippen LogP contribution in [0, 0.1) is 5.82 Å². The maximum Gasteiger partial charge on any atom is 0.203 e. The van der Waals surface area contributed by atoms with Crippen LogP contribution in [-0.2, 0) is 6.54 Å². The van der Waals surface area contributed by atoms with Crippen LogP contribution in [0.1, 0.15) is 18.4 Å². The molecular formula is C22H27ClFN3O3S. The molecule has 0 spiro atoms. The van der Waals surface area contributed by atoms with E-state index in [1.165, 1.54) is 12.1 Å². The van der Waals surface area contributed by atoms with Crippen molar-refractivity contribution in [1.82, 2.24) is 10.2 Å². The predicted octanol–water partition coefficient (Wildman–Crippen LogP) is 4.46. The van der Waals surface area contributed by atoms with Gasteiger partial charge in [0.2, 0.25) is 5.75 Å². The number of hydrogen-bond donors (Lipinski definition) is 2. The Balaban J connectivity index is 1.51. The highest BCUT2D eigenvalue weighted by Gasteiger charge is 2.21. The molecule has 1 saturated heterocycles. The van der Waals surface area contributed by atoms with E-state index in [0.717, 1.165) is 38.0 Å². The number of benzene rings is 2. The number of hydrogen-bond acceptors (Lipinski definition) is 5. The van der Waals surface area contributed by atoms with Crippen LogP contribution in [0.3, 0.4) is 0 Å². The number of methoxy groups -OCH3 is 3. The number of piperidine rings is 1. The van der Waals surface area contributed by atoms with Gasteiger partial charge in [-0.25, -0.2) is 4.39 Å². The Morgan fingerprint density at radius 2 is 1.74 bits per heavy atom. The third-order valence-corrected chi connectivity index (χ3v) is 5.74. The Bertz CT molecular complexity index is 898. The molecule has 31 heavy (non-hydrogen) atoms. The Labute approximate surface area is 192 Å². The van der Waals surface area contributed by atoms with Gasteiger partial charge in [0.1, 0.15) is 5.82 Å². The standard InChI is InChI=1S/C22H27ClFN3O3S/c1-28-19-10-14(11-20(29-2)21(19)30-3)13-27-8-6-15(7-9-27)25-22(31)26-16-4-5-18(24)17(23)12-16/h4-5,10-12,15H,6-9,13H2,1-3H3,(H2,25,26,31). The molecule has 0 bridgehead atoms. The van der Waals surface area contributed by atoms with Crippen molar-refractivity contribution >= 4 is 34.6 Å². The summed E-state index contributed by atoms with van der Waals surface area (Å²) in [6, 6.07) is 8.68. The van der Waals surface area contributed by atoms with Crippen LogP contribution >= 0.6 is 23.8 Å². The highest BCUT2D eigenvalue weighted by atomic mass is 35.5. The van der Waals surface area contributed by atoms with E-state index in [4.69, 9.17) is 38.0 Å². The molecule has 1 aliphatic rings. The number of thiocarbonyl (C=S) groups is 1. The first kappa shape index (κ1) is 23.4. The van der Waals surface area contributed by atoms with E-state index in [2.05, 4.69) is 15.5 Å². The van der Waals surface area contributed by atoms with Crippen molar-refractivity contribution in [3.63, 3.8) is 0 Å². The monoisotopic (exact) mass is 467 g/mol. The predicted molar refractivity (Wildman–Crippen MR) is 125 cm³/mol. The minimum Gasteiger partial charge on any atom is -0.493 e. The summed E-state index contributed by atoms with van der Waals surface area (Å²) in [5, 5.41) is 6.97. The number of anilines is 1. The van der Waals surface area contributed by atoms with E-state index < -0.39 is 5.82 Å². The van der Waals surface area contributed by atoms with Gasteiger partial charge in [-0.1, -0.05) is 11.6 Å². The molecule has 6 nitrogen and oxygen atoms in total. The fourth-order valence-corrected chi connectivity index (χ4v) is 4.11. The van der Waals surface area contributed by atoms with E-state index in [1.54, 1.807) is 27.4 Å². The number of rotatable bonds is 7. The van der Waals surface area contributed by atoms with Crippen molar-refractivity contribution in [2.45, 2.75) is 25.4 Å². The van der Waals surface area contributed by atoms with E-state index in [9.17, 15) is 4.39 Å². The molecule has 0 aliphatic carbocycles. The van der Waals surface area contributed by atoms with Crippen molar-refractivity contribution in [1.29, 1.82) is 0 Å². The molecule has 1 fully saturated rings. The Hall–Kier alpha value is -2.29. The summed E-state index contributed by atoms with van der Waals surface area (Å²) in [5.41, 5.74) is 1.76. The molecule has 2 aromatic carbocycles. The summed E-state index contributed by atoms with van der Waals surface area (Å²) >= 11 is 11.2. The molecule has 1 aliphatic heterocycles. The number of ether oxygens (including phenoxy) is 3. The lowest BCUT2D eigenvalue weighted by Gasteiger charge is -2.33. The van der Waals surface area contributed by atoms with Crippen LogP contribution in [0.25, 0.3) is 0 Å². The molecule has 0 aromatic heterocycles. The summed E-state index contributed by atoms with van der Waals surface area (Å²) in [6.45, 7) is 2.65. The smallest absolute Gasteiger partial charge is 0.203 e. The van der Waals surface area contributed by atoms with Crippen molar-refractivity contribution in [3.8, 4) is 17.2 Å². The van der Waals surface area contributed by atoms with Gasteiger partial charge in [-0.15, -0.1) is 0 Å². The van der Waals surface area contributed by atoms with Crippen molar-refractivity contribution in [2.75, 3.05) is 39.7 Å². The average Bonchev–Trinajstić information content (AvgIpc) is 2.76. The lowest BCUT2D eigenvalue weighted by molar-refractivity contribution is 0.198. The van der Waals surface area contributed by atoms with Crippen LogP contribution in [0.2, 0.25) is 5.02 Å². The summed E-state index contributed by atoms with van der Waals surface area (Å²) in [6.07, 6.45) is 1.91. The zero-order valence-corrected chi connectivity index (χ0v) is 19.4. The molecule has 0 unspecified atom stereocenters. The van der Waals surface area contributed by atoms with Crippen molar-refractivity contribution in [3.05, 3.63) is 46.7 Å². The van der Waals surface area contributed by atoms with Gasteiger partial charge in [0, 0.05) is 31.4 Å². The molecule has 9 heteroatoms. The largest absolute Gasteiger partial charge is 0.493 e. The molecule has 0 atom stereocenters. The van der Waals surface area contributed by atoms with Crippen LogP contribution in [0.15, 0.2) is 30.3 Å². The topological polar surface area (TPSA) is 55.0 Å². The van der Waals surface area contributed by atoms with E-state index in [0.29, 0.717) is 28.0 Å². The molecule has 0 amide bonds. The highest BCUT2D eigenvalue weighted by Crippen LogP contribution is 2.38. The Kier molecular flexibility index (Phi) is 8.17. The van der Waals surface area contributed by atoms with E-state index in [-0.39, 0.29) is 11.1 Å². The van der Waals surface area contributed by atoms with Gasteiger partial charge in [-0.2, -0.15) is 0 Å². The van der Waals surface area contributed by atoms with Gasteiger partial charge in [-0.05, 0) is 61.0 Å². The third kappa shape index (κ3) is 6.12. The normalized spacial score (nSPS) is 14.7. The maximum absolute atomic E-state index is 13.3. The molecule has 1 heterocycles. The van der Waals surface area contributed by atoms with Crippen LogP contribution in [-0.4, -0.2) is 50.5 Å². The summed E-state index contributed by atoms with van der Waals surface area (Å²) in [7, 11) is 4.84. The molecule has 0 radical (unpaired) electrons. The van der Waals surface area contributed by atoms with Crippen LogP contribution < -0.4 is 24.8 Å². The third-order valence-electron chi connectivity index (χ3n) is 5.23. The quantitative estimate of drug-likeness (QED) is 0.583. The first-order valence-electron chi connectivity index (χ1n) is 9.97. The van der Waals surface area contributed by atoms with Gasteiger partial charge in [0.25, 0.3) is 0 Å². The lowest BCUT2D eigenvalue weighted by atomic mass is 10.0. The van der Waals surface area contributed by atoms with Crippen molar-refractivity contribution in [2.24, 2.45) is 0 Å². The summed E-state index contributed by atoms with van der Waals surface area (Å²) < 4.78 is 29.6. The van der Waals surface area contributed by atoms with Crippen LogP contribution in [0.5, 0.6) is 17.2 Å². The van der Waals surface area contributed by atoms with Gasteiger partial charge in [0.15, 0.2) is 16.6 Å². The second-order valence-electron chi connectivity index (χ2n) is 7.31. The fraction of sp³-hybridized carbons (Fsp3) is 0.409. The second-order valence-corrected chi connectivity index (χ2v) is 8.13. The van der Waals surface area contributed by atoms with Crippen LogP contribution in [0.4, 0.5) is 10.1 Å². The number of likely N-dealkylation sites (tertiary alicyclic amines) is 1.